The van der Waals surface area contributed by atoms with Crippen molar-refractivity contribution >= 4 is 27.5 Å². The molecule has 0 saturated heterocycles. The average molecular weight is 364 g/mol. The number of benzene rings is 1. The summed E-state index contributed by atoms with van der Waals surface area (Å²) in [4.78, 5) is 13.3. The Morgan fingerprint density at radius 1 is 1.18 bits per heavy atom. The highest BCUT2D eigenvalue weighted by molar-refractivity contribution is 9.09. The van der Waals surface area contributed by atoms with Crippen LogP contribution in [-0.4, -0.2) is 10.7 Å². The normalized spacial score (nSPS) is 35.3. The SMILES string of the molecule is CC(C)c1ccc(NC(=O)C23CCC(C)(C2Br)C3(C)C)cc1. The second kappa shape index (κ2) is 4.83. The van der Waals surface area contributed by atoms with Gasteiger partial charge in [-0.25, -0.2) is 0 Å². The van der Waals surface area contributed by atoms with Gasteiger partial charge in [0.25, 0.3) is 0 Å². The lowest BCUT2D eigenvalue weighted by molar-refractivity contribution is -0.155. The molecule has 3 aliphatic rings. The fourth-order valence-electron chi connectivity index (χ4n) is 4.65. The number of amides is 1. The van der Waals surface area contributed by atoms with Gasteiger partial charge in [-0.3, -0.25) is 4.79 Å². The zero-order valence-corrected chi connectivity index (χ0v) is 15.8. The van der Waals surface area contributed by atoms with Crippen LogP contribution in [0.15, 0.2) is 24.3 Å². The quantitative estimate of drug-likeness (QED) is 0.721. The molecule has 1 aromatic rings. The third-order valence-electron chi connectivity index (χ3n) is 6.81. The summed E-state index contributed by atoms with van der Waals surface area (Å²) in [6.07, 6.45) is 2.10. The van der Waals surface area contributed by atoms with Gasteiger partial charge < -0.3 is 5.32 Å². The van der Waals surface area contributed by atoms with Crippen LogP contribution >= 0.6 is 15.9 Å². The highest BCUT2D eigenvalue weighted by Gasteiger charge is 2.80. The second-order valence-electron chi connectivity index (χ2n) is 8.11. The second-order valence-corrected chi connectivity index (χ2v) is 9.02. The van der Waals surface area contributed by atoms with Gasteiger partial charge >= 0.3 is 0 Å². The van der Waals surface area contributed by atoms with Crippen molar-refractivity contribution in [1.82, 2.24) is 0 Å². The maximum absolute atomic E-state index is 13.0. The van der Waals surface area contributed by atoms with Crippen LogP contribution in [0.4, 0.5) is 5.69 Å². The fraction of sp³-hybridized carbons (Fsp3) is 0.632. The Kier molecular flexibility index (Phi) is 3.52. The van der Waals surface area contributed by atoms with Gasteiger partial charge in [-0.05, 0) is 47.3 Å². The van der Waals surface area contributed by atoms with Crippen molar-refractivity contribution in [2.45, 2.75) is 58.2 Å². The Bertz CT molecular complexity index is 606. The molecule has 3 saturated carbocycles. The summed E-state index contributed by atoms with van der Waals surface area (Å²) in [6.45, 7) is 11.2. The van der Waals surface area contributed by atoms with Gasteiger partial charge in [0.15, 0.2) is 0 Å². The van der Waals surface area contributed by atoms with Crippen LogP contribution in [-0.2, 0) is 4.79 Å². The number of alkyl halides is 1. The van der Waals surface area contributed by atoms with Crippen molar-refractivity contribution in [3.8, 4) is 0 Å². The van der Waals surface area contributed by atoms with Crippen molar-refractivity contribution in [2.24, 2.45) is 16.2 Å². The van der Waals surface area contributed by atoms with E-state index in [9.17, 15) is 4.79 Å². The first-order valence-electron chi connectivity index (χ1n) is 8.22. The van der Waals surface area contributed by atoms with E-state index in [0.29, 0.717) is 5.92 Å². The predicted molar refractivity (Wildman–Crippen MR) is 95.4 cm³/mol. The van der Waals surface area contributed by atoms with Gasteiger partial charge in [-0.2, -0.15) is 0 Å². The predicted octanol–water partition coefficient (Wildman–Crippen LogP) is 5.34. The van der Waals surface area contributed by atoms with Crippen LogP contribution in [0.25, 0.3) is 0 Å². The number of carbonyl (C=O) groups excluding carboxylic acids is 1. The van der Waals surface area contributed by atoms with Crippen LogP contribution in [0.2, 0.25) is 0 Å². The van der Waals surface area contributed by atoms with Crippen molar-refractivity contribution in [1.29, 1.82) is 0 Å². The van der Waals surface area contributed by atoms with Gasteiger partial charge in [-0.15, -0.1) is 0 Å². The smallest absolute Gasteiger partial charge is 0.232 e. The van der Waals surface area contributed by atoms with E-state index in [1.54, 1.807) is 0 Å². The van der Waals surface area contributed by atoms with E-state index in [-0.39, 0.29) is 27.0 Å². The van der Waals surface area contributed by atoms with E-state index in [4.69, 9.17) is 0 Å². The maximum atomic E-state index is 13.0. The Morgan fingerprint density at radius 2 is 1.77 bits per heavy atom. The zero-order valence-electron chi connectivity index (χ0n) is 14.2. The number of anilines is 1. The molecule has 4 rings (SSSR count). The van der Waals surface area contributed by atoms with Gasteiger partial charge in [0, 0.05) is 10.5 Å². The molecule has 22 heavy (non-hydrogen) atoms. The molecule has 0 aliphatic heterocycles. The highest BCUT2D eigenvalue weighted by Crippen LogP contribution is 2.79. The number of nitrogens with one attached hydrogen (secondary N) is 1. The zero-order chi connectivity index (χ0) is 16.3. The Balaban J connectivity index is 1.81. The minimum atomic E-state index is -0.279. The van der Waals surface area contributed by atoms with E-state index >= 15 is 0 Å². The molecule has 3 aliphatic carbocycles. The first-order chi connectivity index (χ1) is 10.2. The molecular formula is C19H26BrNO. The number of halogens is 1. The molecule has 1 N–H and O–H groups in total. The van der Waals surface area contributed by atoms with E-state index in [1.165, 1.54) is 5.56 Å². The Labute approximate surface area is 142 Å². The average Bonchev–Trinajstić information content (AvgIpc) is 2.87. The van der Waals surface area contributed by atoms with Crippen molar-refractivity contribution in [2.75, 3.05) is 5.32 Å². The third-order valence-corrected chi connectivity index (χ3v) is 8.61. The third kappa shape index (κ3) is 1.75. The number of rotatable bonds is 3. The largest absolute Gasteiger partial charge is 0.326 e. The standard InChI is InChI=1S/C19H26BrNO/c1-12(2)13-6-8-14(9-7-13)21-16(22)19-11-10-18(5,15(19)20)17(19,3)4/h6-9,12,15H,10-11H2,1-5H3,(H,21,22). The summed E-state index contributed by atoms with van der Waals surface area (Å²) >= 11 is 3.83. The molecule has 0 heterocycles. The van der Waals surface area contributed by atoms with E-state index in [0.717, 1.165) is 18.5 Å². The summed E-state index contributed by atoms with van der Waals surface area (Å²) < 4.78 is 0. The lowest BCUT2D eigenvalue weighted by Gasteiger charge is -2.64. The number of hydrogen-bond donors (Lipinski definition) is 1. The Hall–Kier alpha value is -0.830. The van der Waals surface area contributed by atoms with Crippen LogP contribution in [0.3, 0.4) is 0 Å². The van der Waals surface area contributed by atoms with E-state index in [2.05, 4.69) is 68.0 Å². The molecule has 3 unspecified atom stereocenters. The summed E-state index contributed by atoms with van der Waals surface area (Å²) in [6, 6.07) is 8.25. The topological polar surface area (TPSA) is 29.1 Å². The van der Waals surface area contributed by atoms with E-state index < -0.39 is 0 Å². The molecule has 120 valence electrons. The number of hydrogen-bond acceptors (Lipinski definition) is 1. The molecule has 0 aromatic heterocycles. The van der Waals surface area contributed by atoms with Gasteiger partial charge in [0.1, 0.15) is 0 Å². The van der Waals surface area contributed by atoms with Gasteiger partial charge in [0.2, 0.25) is 5.91 Å². The summed E-state index contributed by atoms with van der Waals surface area (Å²) in [7, 11) is 0. The first kappa shape index (κ1) is 16.0. The van der Waals surface area contributed by atoms with Gasteiger partial charge in [-0.1, -0.05) is 62.7 Å². The molecule has 0 radical (unpaired) electrons. The molecule has 2 nitrogen and oxygen atoms in total. The highest BCUT2D eigenvalue weighted by atomic mass is 79.9. The van der Waals surface area contributed by atoms with Gasteiger partial charge in [0.05, 0.1) is 5.41 Å². The fourth-order valence-corrected chi connectivity index (χ4v) is 6.46. The summed E-state index contributed by atoms with van der Waals surface area (Å²) in [5, 5.41) is 3.16. The van der Waals surface area contributed by atoms with E-state index in [1.807, 2.05) is 12.1 Å². The van der Waals surface area contributed by atoms with Crippen molar-refractivity contribution < 1.29 is 4.79 Å². The summed E-state index contributed by atoms with van der Waals surface area (Å²) in [5.41, 5.74) is 2.19. The molecule has 3 atom stereocenters. The van der Waals surface area contributed by atoms with Crippen LogP contribution < -0.4 is 5.32 Å². The monoisotopic (exact) mass is 363 g/mol. The van der Waals surface area contributed by atoms with Crippen LogP contribution in [0.5, 0.6) is 0 Å². The maximum Gasteiger partial charge on any atom is 0.232 e. The number of carbonyl (C=O) groups is 1. The minimum Gasteiger partial charge on any atom is -0.326 e. The molecule has 2 bridgehead atoms. The molecule has 0 spiro atoms. The number of fused-ring (bicyclic) bond motifs is 1. The molecule has 1 aromatic carbocycles. The summed E-state index contributed by atoms with van der Waals surface area (Å²) in [5.74, 6) is 0.683. The Morgan fingerprint density at radius 3 is 2.18 bits per heavy atom. The molecule has 1 amide bonds. The lowest BCUT2D eigenvalue weighted by Crippen LogP contribution is -2.68. The molecule has 3 heteroatoms. The lowest BCUT2D eigenvalue weighted by atomic mass is 9.43. The first-order valence-corrected chi connectivity index (χ1v) is 9.14. The minimum absolute atomic E-state index is 0.0378. The molecular weight excluding hydrogens is 338 g/mol. The van der Waals surface area contributed by atoms with Crippen LogP contribution in [0.1, 0.15) is 58.9 Å². The van der Waals surface area contributed by atoms with Crippen molar-refractivity contribution in [3.05, 3.63) is 29.8 Å². The van der Waals surface area contributed by atoms with Crippen molar-refractivity contribution in [3.63, 3.8) is 0 Å². The van der Waals surface area contributed by atoms with Crippen LogP contribution in [0, 0.1) is 16.2 Å². The molecule has 3 fully saturated rings.